The Morgan fingerprint density at radius 2 is 1.50 bits per heavy atom. The largest absolute Gasteiger partial charge is 0.321 e. The minimum atomic E-state index is -0.446. The van der Waals surface area contributed by atoms with Crippen LogP contribution in [0.15, 0.2) is 131 Å². The van der Waals surface area contributed by atoms with E-state index in [0.29, 0.717) is 17.7 Å². The van der Waals surface area contributed by atoms with Crippen molar-refractivity contribution in [1.29, 1.82) is 0 Å². The van der Waals surface area contributed by atoms with E-state index in [1.54, 1.807) is 36.4 Å². The van der Waals surface area contributed by atoms with Crippen molar-refractivity contribution >= 4 is 74.4 Å². The number of benzene rings is 4. The van der Waals surface area contributed by atoms with Crippen molar-refractivity contribution in [3.63, 3.8) is 0 Å². The van der Waals surface area contributed by atoms with Crippen LogP contribution in [0, 0.1) is 0 Å². The molecule has 0 fully saturated rings. The van der Waals surface area contributed by atoms with Gasteiger partial charge in [-0.1, -0.05) is 73.7 Å². The Labute approximate surface area is 263 Å². The fourth-order valence-electron chi connectivity index (χ4n) is 5.08. The Balaban J connectivity index is 1.23. The number of thiophene rings is 1. The van der Waals surface area contributed by atoms with Crippen LogP contribution >= 0.6 is 23.1 Å². The highest BCUT2D eigenvalue weighted by molar-refractivity contribution is 8.00. The van der Waals surface area contributed by atoms with Gasteiger partial charge >= 0.3 is 0 Å². The zero-order chi connectivity index (χ0) is 30.5. The first-order valence-corrected chi connectivity index (χ1v) is 16.0. The Morgan fingerprint density at radius 3 is 2.16 bits per heavy atom. The van der Waals surface area contributed by atoms with E-state index >= 15 is 0 Å². The molecule has 0 radical (unpaired) electrons. The molecule has 218 valence electrons. The van der Waals surface area contributed by atoms with Gasteiger partial charge in [0.15, 0.2) is 0 Å². The number of fused-ring (bicyclic) bond motifs is 3. The lowest BCUT2D eigenvalue weighted by Crippen LogP contribution is -2.30. The molecule has 2 aromatic heterocycles. The zero-order valence-electron chi connectivity index (χ0n) is 23.9. The van der Waals surface area contributed by atoms with E-state index < -0.39 is 5.91 Å². The van der Waals surface area contributed by atoms with Crippen LogP contribution in [-0.2, 0) is 4.79 Å². The summed E-state index contributed by atoms with van der Waals surface area (Å²) in [5, 5.41) is 9.36. The van der Waals surface area contributed by atoms with Crippen LogP contribution in [-0.4, -0.2) is 27.5 Å². The Kier molecular flexibility index (Phi) is 8.72. The van der Waals surface area contributed by atoms with Crippen LogP contribution in [0.2, 0.25) is 0 Å². The fraction of sp³-hybridized carbons (Fsp3) is 0.0833. The molecule has 0 saturated heterocycles. The van der Waals surface area contributed by atoms with Crippen LogP contribution in [0.4, 0.5) is 5.69 Å². The number of carbonyl (C=O) groups is 3. The number of nitrogens with zero attached hydrogens (tertiary/aromatic N) is 1. The number of anilines is 1. The highest BCUT2D eigenvalue weighted by Crippen LogP contribution is 2.33. The predicted molar refractivity (Wildman–Crippen MR) is 181 cm³/mol. The Morgan fingerprint density at radius 1 is 0.818 bits per heavy atom. The molecule has 0 saturated carbocycles. The smallest absolute Gasteiger partial charge is 0.272 e. The molecule has 0 bridgehead atoms. The molecule has 8 heteroatoms. The molecular formula is C36H29N3O3S2. The number of amides is 2. The van der Waals surface area contributed by atoms with E-state index in [9.17, 15) is 14.4 Å². The molecule has 4 aromatic carbocycles. The van der Waals surface area contributed by atoms with Crippen LogP contribution in [0.5, 0.6) is 0 Å². The average Bonchev–Trinajstić information content (AvgIpc) is 3.69. The summed E-state index contributed by atoms with van der Waals surface area (Å²) in [6.07, 6.45) is 2.29. The predicted octanol–water partition coefficient (Wildman–Crippen LogP) is 8.48. The molecule has 2 amide bonds. The lowest BCUT2D eigenvalue weighted by Gasteiger charge is -2.17. The van der Waals surface area contributed by atoms with E-state index in [1.165, 1.54) is 23.1 Å². The minimum Gasteiger partial charge on any atom is -0.321 e. The molecule has 6 nitrogen and oxygen atoms in total. The van der Waals surface area contributed by atoms with Crippen LogP contribution in [0.1, 0.15) is 33.4 Å². The molecule has 6 rings (SSSR count). The number of aromatic nitrogens is 1. The van der Waals surface area contributed by atoms with Gasteiger partial charge in [0.1, 0.15) is 5.70 Å². The van der Waals surface area contributed by atoms with Crippen molar-refractivity contribution in [2.45, 2.75) is 23.5 Å². The highest BCUT2D eigenvalue weighted by atomic mass is 32.2. The normalized spacial score (nSPS) is 12.2. The number of rotatable bonds is 9. The third-order valence-corrected chi connectivity index (χ3v) is 9.34. The summed E-state index contributed by atoms with van der Waals surface area (Å²) < 4.78 is 1.83. The van der Waals surface area contributed by atoms with Crippen LogP contribution in [0.25, 0.3) is 27.9 Å². The highest BCUT2D eigenvalue weighted by Gasteiger charge is 2.24. The molecule has 1 unspecified atom stereocenters. The number of hydrogen-bond acceptors (Lipinski definition) is 5. The molecule has 2 N–H and O–H groups in total. The van der Waals surface area contributed by atoms with Gasteiger partial charge in [-0.3, -0.25) is 19.0 Å². The molecule has 1 atom stereocenters. The maximum atomic E-state index is 14.0. The van der Waals surface area contributed by atoms with Gasteiger partial charge in [0.2, 0.25) is 5.91 Å². The summed E-state index contributed by atoms with van der Waals surface area (Å²) in [6.45, 7) is 2.01. The summed E-state index contributed by atoms with van der Waals surface area (Å²) in [7, 11) is 0. The summed E-state index contributed by atoms with van der Waals surface area (Å²) in [4.78, 5) is 42.1. The maximum absolute atomic E-state index is 14.0. The quantitative estimate of drug-likeness (QED) is 0.126. The first-order chi connectivity index (χ1) is 21.5. The fourth-order valence-corrected chi connectivity index (χ4v) is 6.79. The number of para-hydroxylation sites is 2. The van der Waals surface area contributed by atoms with Gasteiger partial charge in [0.05, 0.1) is 16.3 Å². The second-order valence-corrected chi connectivity index (χ2v) is 12.4. The second kappa shape index (κ2) is 13.2. The van der Waals surface area contributed by atoms with Crippen molar-refractivity contribution in [3.8, 4) is 0 Å². The summed E-state index contributed by atoms with van der Waals surface area (Å²) in [5.74, 6) is -0.811. The molecule has 2 heterocycles. The van der Waals surface area contributed by atoms with Gasteiger partial charge in [-0.05, 0) is 66.4 Å². The SMILES string of the molecule is CCC(Sc1cccc(NC(=O)/C(=C\c2cccs2)NC(=O)c2ccccc2)c1)C(=O)n1c2ccccc2c2ccccc21. The topological polar surface area (TPSA) is 80.2 Å². The first kappa shape index (κ1) is 29.2. The Hall–Kier alpha value is -4.92. The lowest BCUT2D eigenvalue weighted by atomic mass is 10.2. The van der Waals surface area contributed by atoms with Gasteiger partial charge < -0.3 is 10.6 Å². The first-order valence-electron chi connectivity index (χ1n) is 14.2. The molecule has 0 aliphatic carbocycles. The van der Waals surface area contributed by atoms with Crippen molar-refractivity contribution in [3.05, 3.63) is 137 Å². The van der Waals surface area contributed by atoms with Crippen LogP contribution < -0.4 is 10.6 Å². The molecule has 0 aliphatic heterocycles. The van der Waals surface area contributed by atoms with E-state index in [2.05, 4.69) is 10.6 Å². The number of hydrogen-bond donors (Lipinski definition) is 2. The van der Waals surface area contributed by atoms with Crippen molar-refractivity contribution in [2.24, 2.45) is 0 Å². The third-order valence-electron chi connectivity index (χ3n) is 7.18. The number of thioether (sulfide) groups is 1. The standard InChI is InChI=1S/C36H29N3O3S2/c1-2-33(36(42)39-31-19-8-6-17-28(31)29-18-7-9-20-32(29)39)44-27-15-10-14-25(22-27)37-35(41)30(23-26-16-11-21-43-26)38-34(40)24-12-4-3-5-13-24/h3-23,33H,2H2,1H3,(H,37,41)(H,38,40)/b30-23+. The maximum Gasteiger partial charge on any atom is 0.272 e. The molecule has 6 aromatic rings. The Bertz CT molecular complexity index is 1940. The average molecular weight is 616 g/mol. The van der Waals surface area contributed by atoms with Gasteiger partial charge in [-0.15, -0.1) is 23.1 Å². The third kappa shape index (κ3) is 6.22. The van der Waals surface area contributed by atoms with Gasteiger partial charge in [0, 0.05) is 31.8 Å². The molecule has 0 aliphatic rings. The van der Waals surface area contributed by atoms with Crippen LogP contribution in [0.3, 0.4) is 0 Å². The molecule has 0 spiro atoms. The van der Waals surface area contributed by atoms with Gasteiger partial charge in [-0.2, -0.15) is 0 Å². The molecule has 44 heavy (non-hydrogen) atoms. The van der Waals surface area contributed by atoms with E-state index in [1.807, 2.05) is 102 Å². The number of nitrogens with one attached hydrogen (secondary N) is 2. The van der Waals surface area contributed by atoms with Gasteiger partial charge in [-0.25, -0.2) is 0 Å². The minimum absolute atomic E-state index is 0.00845. The number of carbonyl (C=O) groups excluding carboxylic acids is 3. The van der Waals surface area contributed by atoms with Crippen molar-refractivity contribution in [2.75, 3.05) is 5.32 Å². The van der Waals surface area contributed by atoms with Crippen molar-refractivity contribution < 1.29 is 14.4 Å². The second-order valence-electron chi connectivity index (χ2n) is 10.1. The molecular weight excluding hydrogens is 587 g/mol. The monoisotopic (exact) mass is 615 g/mol. The summed E-state index contributed by atoms with van der Waals surface area (Å²) >= 11 is 2.94. The van der Waals surface area contributed by atoms with E-state index in [4.69, 9.17) is 0 Å². The zero-order valence-corrected chi connectivity index (χ0v) is 25.5. The van der Waals surface area contributed by atoms with Crippen molar-refractivity contribution in [1.82, 2.24) is 9.88 Å². The lowest BCUT2D eigenvalue weighted by molar-refractivity contribution is -0.113. The summed E-state index contributed by atoms with van der Waals surface area (Å²) in [6, 6.07) is 35.9. The van der Waals surface area contributed by atoms with E-state index in [0.717, 1.165) is 31.6 Å². The van der Waals surface area contributed by atoms with E-state index in [-0.39, 0.29) is 22.8 Å². The van der Waals surface area contributed by atoms with Gasteiger partial charge in [0.25, 0.3) is 11.8 Å². The summed E-state index contributed by atoms with van der Waals surface area (Å²) in [5.41, 5.74) is 2.93.